The van der Waals surface area contributed by atoms with Crippen molar-refractivity contribution in [1.29, 1.82) is 0 Å². The van der Waals surface area contributed by atoms with Gasteiger partial charge in [0.15, 0.2) is 71.7 Å². The monoisotopic (exact) mass is 2140 g/mol. The Balaban J connectivity index is 0.000000180. The number of esters is 1. The van der Waals surface area contributed by atoms with Crippen LogP contribution in [-0.2, 0) is 80.7 Å². The summed E-state index contributed by atoms with van der Waals surface area (Å²) >= 11 is 0. The highest BCUT2D eigenvalue weighted by atomic mass is 32.2. The van der Waals surface area contributed by atoms with Crippen molar-refractivity contribution in [2.45, 2.75) is 217 Å². The van der Waals surface area contributed by atoms with Crippen molar-refractivity contribution in [1.82, 2.24) is 0 Å². The standard InChI is InChI=1S/C25H20F9S.2C18H12F3S.C16H20F6O3S.C14H10F4O3S.C14H21FO2/c1-13-5-15(3)22(16(4)6-13)35(20-8-14(2)7-17(10-20)23(26,27)28)21-11-18(24(29,30)31)9-19(12-21)25(32,33)34;2*19-13-1-7-16(8-2-13)22(17-9-3-14(20)4-10-17)18-11-5-15(21)6-12-18;1-9(2)11-7-6-8-12(10(3)4)13(11)25-26(23,24)16(21,22)15(19,20)14(5,17)18;1-7-10(15)12(17)14(13(18)11(7)16)21-8-3-5-9(6-4-8)22(2,19)20;1-9(15)13(16)17-8-14-5-10-2-11(6-14)4-12(3-10)7-14/h5-12H,1-4H3;2*1-12H;6-10H,1-5H3;3-6H,1-2H3;9-12H,2-8H2,1H3/q3*+1;;;. The highest BCUT2D eigenvalue weighted by molar-refractivity contribution is 7.97. The first-order valence-corrected chi connectivity index (χ1v) is 50.9. The molecule has 4 fully saturated rings. The van der Waals surface area contributed by atoms with Gasteiger partial charge in [-0.3, -0.25) is 0 Å². The third kappa shape index (κ3) is 28.6. The van der Waals surface area contributed by atoms with E-state index in [4.69, 9.17) is 9.47 Å². The quantitative estimate of drug-likeness (QED) is 0.0217. The lowest BCUT2D eigenvalue weighted by Gasteiger charge is -2.56. The summed E-state index contributed by atoms with van der Waals surface area (Å²) in [7, 11) is -12.7. The number of halogens is 26. The Hall–Kier alpha value is -11.2. The van der Waals surface area contributed by atoms with Crippen LogP contribution in [0.15, 0.2) is 286 Å². The lowest BCUT2D eigenvalue weighted by molar-refractivity contribution is -0.272. The van der Waals surface area contributed by atoms with Crippen molar-refractivity contribution in [2.75, 3.05) is 12.9 Å². The second-order valence-electron chi connectivity index (χ2n) is 35.4. The molecule has 16 rings (SSSR count). The van der Waals surface area contributed by atoms with Gasteiger partial charge in [0, 0.05) is 53.5 Å². The highest BCUT2D eigenvalue weighted by Gasteiger charge is 2.77. The molecular formula is C105H95F26O8S5+3. The molecule has 8 nitrogen and oxygen atoms in total. The number of carbonyl (C=O) groups is 1. The van der Waals surface area contributed by atoms with E-state index in [1.807, 2.05) is 0 Å². The van der Waals surface area contributed by atoms with Gasteiger partial charge in [0.25, 0.3) is 0 Å². The van der Waals surface area contributed by atoms with Crippen LogP contribution in [0.1, 0.15) is 148 Å². The molecule has 144 heavy (non-hydrogen) atoms. The topological polar surface area (TPSA) is 113 Å². The molecule has 772 valence electrons. The van der Waals surface area contributed by atoms with E-state index >= 15 is 0 Å². The summed E-state index contributed by atoms with van der Waals surface area (Å²) in [5.41, 5.74) is -2.25. The van der Waals surface area contributed by atoms with Crippen molar-refractivity contribution in [3.63, 3.8) is 0 Å². The Morgan fingerprint density at radius 3 is 1.01 bits per heavy atom. The van der Waals surface area contributed by atoms with Crippen LogP contribution in [0.5, 0.6) is 17.2 Å². The number of carbonyl (C=O) groups excluding carboxylic acids is 1. The summed E-state index contributed by atoms with van der Waals surface area (Å²) in [4.78, 5) is 16.5. The minimum absolute atomic E-state index is 0.0112. The van der Waals surface area contributed by atoms with E-state index in [9.17, 15) is 136 Å². The smallest absolute Gasteiger partial charge is 0.449 e. The number of benzene rings is 12. The number of para-hydroxylation sites is 1. The van der Waals surface area contributed by atoms with E-state index in [0.717, 1.165) is 102 Å². The van der Waals surface area contributed by atoms with Crippen LogP contribution in [0, 0.1) is 116 Å². The van der Waals surface area contributed by atoms with Crippen molar-refractivity contribution >= 4 is 58.6 Å². The maximum absolute atomic E-state index is 13.9. The van der Waals surface area contributed by atoms with Crippen molar-refractivity contribution in [2.24, 2.45) is 23.2 Å². The lowest BCUT2D eigenvalue weighted by atomic mass is 9.50. The Labute approximate surface area is 824 Å². The molecule has 0 radical (unpaired) electrons. The molecule has 0 heterocycles. The normalized spacial score (nSPS) is 16.3. The predicted octanol–water partition coefficient (Wildman–Crippen LogP) is 31.8. The van der Waals surface area contributed by atoms with E-state index in [1.165, 1.54) is 149 Å². The minimum Gasteiger partial charge on any atom is -0.463 e. The summed E-state index contributed by atoms with van der Waals surface area (Å²) < 4.78 is 409. The molecule has 2 unspecified atom stereocenters. The van der Waals surface area contributed by atoms with Gasteiger partial charge in [-0.05, 0) is 314 Å². The average Bonchev–Trinajstić information content (AvgIpc) is 0.735. The third-order valence-electron chi connectivity index (χ3n) is 23.2. The molecule has 0 N–H and O–H groups in total. The molecule has 12 aromatic rings. The van der Waals surface area contributed by atoms with Crippen molar-refractivity contribution in [3.8, 4) is 17.2 Å². The molecule has 4 saturated carbocycles. The number of alkyl halides is 16. The summed E-state index contributed by atoms with van der Waals surface area (Å²) in [6.07, 6.45) is -7.69. The molecule has 4 aliphatic rings. The van der Waals surface area contributed by atoms with E-state index in [0.29, 0.717) is 34.8 Å². The van der Waals surface area contributed by atoms with Gasteiger partial charge in [-0.15, -0.1) is 0 Å². The number of aryl methyl sites for hydroxylation is 4. The molecule has 0 spiro atoms. The first-order valence-electron chi connectivity index (χ1n) is 43.9. The molecule has 12 aromatic carbocycles. The molecule has 0 saturated heterocycles. The first-order chi connectivity index (χ1) is 66.8. The molecule has 0 amide bonds. The molecule has 4 aliphatic carbocycles. The zero-order chi connectivity index (χ0) is 107. The lowest BCUT2D eigenvalue weighted by Crippen LogP contribution is -2.57. The summed E-state index contributed by atoms with van der Waals surface area (Å²) in [5, 5.41) is -6.14. The summed E-state index contributed by atoms with van der Waals surface area (Å²) in [5.74, 6) is -20.7. The largest absolute Gasteiger partial charge is 0.463 e. The second-order valence-corrected chi connectivity index (χ2v) is 45.1. The van der Waals surface area contributed by atoms with E-state index in [2.05, 4.69) is 4.18 Å². The van der Waals surface area contributed by atoms with Crippen molar-refractivity contribution < 1.29 is 149 Å². The Morgan fingerprint density at radius 1 is 0.396 bits per heavy atom. The van der Waals surface area contributed by atoms with Gasteiger partial charge in [0.2, 0.25) is 17.4 Å². The SMILES string of the molecule is CC(C)c1cccc(C(C)C)c1OS(=O)(=O)C(F)(F)C(F)(F)C(C)(F)F.CC(F)C(=O)OCC12CC3CC(CC(C3)C1)C2.Cc1c(F)c(F)c(Oc2ccc(S(C)(=O)=O)cc2)c(F)c1F.Cc1cc([S+](c2cc(C(F)(F)F)cc(C(F)(F)F)c2)c2c(C)cc(C)cc2C)cc(C(F)(F)F)c1.Fc1ccc([S+](c2ccc(F)cc2)c2ccc(F)cc2)cc1.Fc1ccc([S+](c2ccc(F)cc2)c2ccc(F)cc2)cc1. The van der Waals surface area contributed by atoms with Gasteiger partial charge in [-0.2, -0.15) is 83.1 Å². The van der Waals surface area contributed by atoms with Gasteiger partial charge >= 0.3 is 51.7 Å². The Kier molecular flexibility index (Phi) is 36.9. The van der Waals surface area contributed by atoms with Gasteiger partial charge < -0.3 is 13.7 Å². The van der Waals surface area contributed by atoms with Crippen LogP contribution in [0.3, 0.4) is 0 Å². The second kappa shape index (κ2) is 46.3. The van der Waals surface area contributed by atoms with E-state index in [1.54, 1.807) is 133 Å². The number of sulfone groups is 1. The molecule has 39 heteroatoms. The zero-order valence-corrected chi connectivity index (χ0v) is 82.6. The first kappa shape index (κ1) is 115. The van der Waals surface area contributed by atoms with Crippen LogP contribution < -0.4 is 8.92 Å². The number of hydrogen-bond donors (Lipinski definition) is 0. The third-order valence-corrected chi connectivity index (χ3v) is 32.5. The summed E-state index contributed by atoms with van der Waals surface area (Å²) in [6.45, 7) is 15.0. The van der Waals surface area contributed by atoms with Gasteiger partial charge in [0.1, 0.15) is 46.4 Å². The molecule has 0 aliphatic heterocycles. The molecular weight excluding hydrogens is 2040 g/mol. The van der Waals surface area contributed by atoms with E-state index in [-0.39, 0.29) is 83.5 Å². The van der Waals surface area contributed by atoms with Crippen LogP contribution in [0.4, 0.5) is 114 Å². The predicted molar refractivity (Wildman–Crippen MR) is 496 cm³/mol. The fraction of sp³-hybridized carbons (Fsp3) is 0.305. The van der Waals surface area contributed by atoms with Gasteiger partial charge in [-0.25, -0.2) is 52.7 Å². The van der Waals surface area contributed by atoms with Gasteiger partial charge in [-0.1, -0.05) is 63.6 Å². The van der Waals surface area contributed by atoms with Crippen molar-refractivity contribution in [3.05, 3.63) is 350 Å². The number of hydrogen-bond acceptors (Lipinski definition) is 8. The fourth-order valence-corrected chi connectivity index (χ4v) is 25.1. The Bertz CT molecular complexity index is 6200. The highest BCUT2D eigenvalue weighted by Crippen LogP contribution is 2.61. The fourth-order valence-electron chi connectivity index (χ4n) is 16.8. The molecule has 2 atom stereocenters. The van der Waals surface area contributed by atoms with Crippen LogP contribution in [0.2, 0.25) is 0 Å². The minimum atomic E-state index is -6.43. The van der Waals surface area contributed by atoms with Gasteiger partial charge in [0.05, 0.1) is 60.9 Å². The van der Waals surface area contributed by atoms with Crippen LogP contribution >= 0.6 is 0 Å². The molecule has 0 aromatic heterocycles. The zero-order valence-electron chi connectivity index (χ0n) is 78.6. The maximum atomic E-state index is 13.9. The summed E-state index contributed by atoms with van der Waals surface area (Å²) in [6, 6.07) is 53.5. The molecule has 4 bridgehead atoms. The average molecular weight is 2140 g/mol. The number of ether oxygens (including phenoxy) is 2. The van der Waals surface area contributed by atoms with E-state index < -0.39 is 176 Å². The number of rotatable bonds is 22. The van der Waals surface area contributed by atoms with Crippen LogP contribution in [-0.4, -0.2) is 58.9 Å². The maximum Gasteiger partial charge on any atom is 0.449 e. The van der Waals surface area contributed by atoms with Crippen LogP contribution in [0.25, 0.3) is 0 Å². The Morgan fingerprint density at radius 2 is 0.708 bits per heavy atom.